The molecule has 1 aliphatic rings. The Morgan fingerprint density at radius 1 is 1.25 bits per heavy atom. The molecule has 1 heterocycles. The normalized spacial score (nSPS) is 12.7. The number of benzene rings is 1. The summed E-state index contributed by atoms with van der Waals surface area (Å²) in [5.74, 6) is 0.831. The van der Waals surface area contributed by atoms with Gasteiger partial charge >= 0.3 is 5.97 Å². The summed E-state index contributed by atoms with van der Waals surface area (Å²) in [6, 6.07) is 3.03. The summed E-state index contributed by atoms with van der Waals surface area (Å²) >= 11 is 0. The van der Waals surface area contributed by atoms with Crippen molar-refractivity contribution in [3.8, 4) is 17.2 Å². The second-order valence-electron chi connectivity index (χ2n) is 5.81. The maximum Gasteiger partial charge on any atom is 0.338 e. The van der Waals surface area contributed by atoms with E-state index in [4.69, 9.17) is 18.9 Å². The van der Waals surface area contributed by atoms with Crippen LogP contribution in [0.25, 0.3) is 0 Å². The predicted octanol–water partition coefficient (Wildman–Crippen LogP) is 1.79. The molecule has 0 spiro atoms. The summed E-state index contributed by atoms with van der Waals surface area (Å²) in [5.41, 5.74) is 0.242. The highest BCUT2D eigenvalue weighted by Gasteiger charge is 2.21. The van der Waals surface area contributed by atoms with E-state index >= 15 is 0 Å². The monoisotopic (exact) mass is 337 g/mol. The van der Waals surface area contributed by atoms with E-state index in [1.807, 2.05) is 0 Å². The molecule has 24 heavy (non-hydrogen) atoms. The molecule has 0 atom stereocenters. The molecule has 1 amide bonds. The van der Waals surface area contributed by atoms with Gasteiger partial charge in [-0.1, -0.05) is 13.8 Å². The zero-order valence-corrected chi connectivity index (χ0v) is 14.2. The summed E-state index contributed by atoms with van der Waals surface area (Å²) in [7, 11) is 1.48. The van der Waals surface area contributed by atoms with Crippen LogP contribution in [-0.2, 0) is 9.53 Å². The molecule has 132 valence electrons. The van der Waals surface area contributed by atoms with Crippen molar-refractivity contribution in [2.75, 3.05) is 33.5 Å². The van der Waals surface area contributed by atoms with E-state index in [0.29, 0.717) is 42.9 Å². The summed E-state index contributed by atoms with van der Waals surface area (Å²) in [6.45, 7) is 5.19. The van der Waals surface area contributed by atoms with E-state index in [1.54, 1.807) is 0 Å². The van der Waals surface area contributed by atoms with Gasteiger partial charge < -0.3 is 24.3 Å². The van der Waals surface area contributed by atoms with Crippen LogP contribution in [0.1, 0.15) is 30.6 Å². The molecule has 7 nitrogen and oxygen atoms in total. The van der Waals surface area contributed by atoms with Crippen molar-refractivity contribution in [2.24, 2.45) is 5.92 Å². The van der Waals surface area contributed by atoms with Gasteiger partial charge in [-0.3, -0.25) is 4.79 Å². The van der Waals surface area contributed by atoms with Gasteiger partial charge in [0.15, 0.2) is 18.1 Å². The molecular formula is C17H23NO6. The van der Waals surface area contributed by atoms with Gasteiger partial charge in [-0.2, -0.15) is 0 Å². The minimum atomic E-state index is -0.621. The van der Waals surface area contributed by atoms with Crippen LogP contribution in [0, 0.1) is 5.92 Å². The largest absolute Gasteiger partial charge is 0.493 e. The van der Waals surface area contributed by atoms with Crippen LogP contribution in [0.15, 0.2) is 12.1 Å². The first-order chi connectivity index (χ1) is 11.5. The summed E-state index contributed by atoms with van der Waals surface area (Å²) in [5, 5.41) is 2.71. The van der Waals surface area contributed by atoms with E-state index in [-0.39, 0.29) is 18.1 Å². The van der Waals surface area contributed by atoms with E-state index < -0.39 is 5.97 Å². The van der Waals surface area contributed by atoms with Gasteiger partial charge in [-0.25, -0.2) is 4.79 Å². The molecule has 0 radical (unpaired) electrons. The molecule has 7 heteroatoms. The lowest BCUT2D eigenvalue weighted by molar-refractivity contribution is -0.124. The fraction of sp³-hybridized carbons (Fsp3) is 0.529. The first-order valence-electron chi connectivity index (χ1n) is 7.92. The average Bonchev–Trinajstić information content (AvgIpc) is 2.58. The van der Waals surface area contributed by atoms with Crippen molar-refractivity contribution in [3.05, 3.63) is 17.7 Å². The molecule has 0 bridgehead atoms. The molecule has 2 rings (SSSR count). The van der Waals surface area contributed by atoms with Gasteiger partial charge in [0.1, 0.15) is 13.2 Å². The van der Waals surface area contributed by atoms with Crippen molar-refractivity contribution >= 4 is 11.9 Å². The maximum absolute atomic E-state index is 12.1. The predicted molar refractivity (Wildman–Crippen MR) is 86.7 cm³/mol. The highest BCUT2D eigenvalue weighted by Crippen LogP contribution is 2.40. The lowest BCUT2D eigenvalue weighted by atomic mass is 10.1. The Morgan fingerprint density at radius 3 is 2.71 bits per heavy atom. The quantitative estimate of drug-likeness (QED) is 0.764. The van der Waals surface area contributed by atoms with E-state index in [9.17, 15) is 9.59 Å². The maximum atomic E-state index is 12.1. The van der Waals surface area contributed by atoms with Gasteiger partial charge in [-0.15, -0.1) is 0 Å². The second-order valence-corrected chi connectivity index (χ2v) is 5.81. The number of ether oxygens (including phenoxy) is 4. The van der Waals surface area contributed by atoms with Gasteiger partial charge in [0.2, 0.25) is 5.75 Å². The minimum Gasteiger partial charge on any atom is -0.493 e. The number of carbonyl (C=O) groups excluding carboxylic acids is 2. The molecule has 1 aromatic rings. The Balaban J connectivity index is 1.94. The topological polar surface area (TPSA) is 83.1 Å². The summed E-state index contributed by atoms with van der Waals surface area (Å²) in [6.07, 6.45) is 0.874. The van der Waals surface area contributed by atoms with Crippen LogP contribution in [0.5, 0.6) is 17.2 Å². The van der Waals surface area contributed by atoms with Gasteiger partial charge in [0, 0.05) is 6.54 Å². The van der Waals surface area contributed by atoms with E-state index in [2.05, 4.69) is 19.2 Å². The highest BCUT2D eigenvalue weighted by molar-refractivity contribution is 5.92. The van der Waals surface area contributed by atoms with Crippen molar-refractivity contribution in [1.82, 2.24) is 5.32 Å². The Labute approximate surface area is 141 Å². The van der Waals surface area contributed by atoms with Gasteiger partial charge in [0.05, 0.1) is 12.7 Å². The number of methoxy groups -OCH3 is 1. The van der Waals surface area contributed by atoms with Gasteiger partial charge in [0.25, 0.3) is 5.91 Å². The fourth-order valence-electron chi connectivity index (χ4n) is 2.16. The molecule has 1 aromatic carbocycles. The first kappa shape index (κ1) is 17.9. The number of esters is 1. The third-order valence-corrected chi connectivity index (χ3v) is 3.44. The Hall–Kier alpha value is -2.44. The average molecular weight is 337 g/mol. The van der Waals surface area contributed by atoms with E-state index in [0.717, 1.165) is 6.42 Å². The zero-order valence-electron chi connectivity index (χ0n) is 14.2. The highest BCUT2D eigenvalue weighted by atomic mass is 16.6. The van der Waals surface area contributed by atoms with Crippen molar-refractivity contribution in [3.63, 3.8) is 0 Å². The lowest BCUT2D eigenvalue weighted by Crippen LogP contribution is -2.30. The van der Waals surface area contributed by atoms with Gasteiger partial charge in [-0.05, 0) is 24.5 Å². The number of hydrogen-bond donors (Lipinski definition) is 1. The van der Waals surface area contributed by atoms with Crippen LogP contribution < -0.4 is 19.5 Å². The van der Waals surface area contributed by atoms with Crippen molar-refractivity contribution in [1.29, 1.82) is 0 Å². The zero-order chi connectivity index (χ0) is 17.5. The first-order valence-corrected chi connectivity index (χ1v) is 7.92. The summed E-state index contributed by atoms with van der Waals surface area (Å²) in [4.78, 5) is 23.8. The minimum absolute atomic E-state index is 0.242. The van der Waals surface area contributed by atoms with Crippen molar-refractivity contribution < 1.29 is 28.5 Å². The number of rotatable bonds is 7. The third kappa shape index (κ3) is 4.78. The van der Waals surface area contributed by atoms with Crippen LogP contribution in [-0.4, -0.2) is 45.4 Å². The Morgan fingerprint density at radius 2 is 2.00 bits per heavy atom. The number of fused-ring (bicyclic) bond motifs is 1. The molecule has 1 aliphatic heterocycles. The smallest absolute Gasteiger partial charge is 0.338 e. The number of hydrogen-bond acceptors (Lipinski definition) is 6. The van der Waals surface area contributed by atoms with Crippen LogP contribution in [0.2, 0.25) is 0 Å². The SMILES string of the molecule is COc1cc(C(=O)OCC(=O)NCCC(C)C)cc2c1OCCO2. The van der Waals surface area contributed by atoms with Crippen LogP contribution in [0.4, 0.5) is 0 Å². The molecule has 0 fully saturated rings. The fourth-order valence-corrected chi connectivity index (χ4v) is 2.16. The van der Waals surface area contributed by atoms with Crippen LogP contribution in [0.3, 0.4) is 0 Å². The number of nitrogens with one attached hydrogen (secondary N) is 1. The third-order valence-electron chi connectivity index (χ3n) is 3.44. The molecule has 1 N–H and O–H groups in total. The molecule has 0 saturated heterocycles. The Bertz CT molecular complexity index is 582. The van der Waals surface area contributed by atoms with Crippen LogP contribution >= 0.6 is 0 Å². The number of carbonyl (C=O) groups is 2. The molecular weight excluding hydrogens is 314 g/mol. The lowest BCUT2D eigenvalue weighted by Gasteiger charge is -2.21. The molecule has 0 aliphatic carbocycles. The Kier molecular flexibility index (Phi) is 6.28. The van der Waals surface area contributed by atoms with E-state index in [1.165, 1.54) is 19.2 Å². The van der Waals surface area contributed by atoms with Crippen molar-refractivity contribution in [2.45, 2.75) is 20.3 Å². The summed E-state index contributed by atoms with van der Waals surface area (Å²) < 4.78 is 21.2. The second kappa shape index (κ2) is 8.42. The standard InChI is InChI=1S/C17H23NO6/c1-11(2)4-5-18-15(19)10-24-17(20)12-8-13(21-3)16-14(9-12)22-6-7-23-16/h8-9,11H,4-7,10H2,1-3H3,(H,18,19). The molecule has 0 aromatic heterocycles. The molecule has 0 saturated carbocycles. The number of amides is 1. The molecule has 0 unspecified atom stereocenters.